The molecule has 0 aromatic heterocycles. The number of carbonyl (C=O) groups excluding carboxylic acids is 2. The van der Waals surface area contributed by atoms with Crippen molar-refractivity contribution in [2.45, 2.75) is 38.6 Å². The van der Waals surface area contributed by atoms with Gasteiger partial charge >= 0.3 is 0 Å². The summed E-state index contributed by atoms with van der Waals surface area (Å²) in [5.41, 5.74) is 3.23. The number of nitrogens with one attached hydrogen (secondary N) is 1. The van der Waals surface area contributed by atoms with Crippen molar-refractivity contribution in [2.24, 2.45) is 5.92 Å². The molecule has 5 heteroatoms. The number of hydrogen-bond acceptors (Lipinski definition) is 3. The SMILES string of the molecule is CCOc1ccc(C(NC(=O)C2CCN(C(=O)CCc3ccccc3)CC2)c2ccccc2)cc1. The number of rotatable bonds is 9. The number of hydrogen-bond donors (Lipinski definition) is 1. The molecular weight excluding hydrogens is 436 g/mol. The predicted octanol–water partition coefficient (Wildman–Crippen LogP) is 5.16. The van der Waals surface area contributed by atoms with Crippen LogP contribution in [0.1, 0.15) is 48.9 Å². The van der Waals surface area contributed by atoms with Crippen molar-refractivity contribution in [3.63, 3.8) is 0 Å². The molecule has 0 spiro atoms. The zero-order valence-corrected chi connectivity index (χ0v) is 20.4. The van der Waals surface area contributed by atoms with Crippen molar-refractivity contribution in [2.75, 3.05) is 19.7 Å². The van der Waals surface area contributed by atoms with E-state index in [0.717, 1.165) is 23.3 Å². The van der Waals surface area contributed by atoms with Gasteiger partial charge in [0.1, 0.15) is 5.75 Å². The van der Waals surface area contributed by atoms with E-state index in [2.05, 4.69) is 17.4 Å². The van der Waals surface area contributed by atoms with Crippen LogP contribution in [-0.4, -0.2) is 36.4 Å². The molecule has 0 aliphatic carbocycles. The van der Waals surface area contributed by atoms with Crippen molar-refractivity contribution in [3.8, 4) is 5.75 Å². The fourth-order valence-electron chi connectivity index (χ4n) is 4.63. The minimum Gasteiger partial charge on any atom is -0.494 e. The quantitative estimate of drug-likeness (QED) is 0.470. The number of amides is 2. The molecule has 5 nitrogen and oxygen atoms in total. The third-order valence-corrected chi connectivity index (χ3v) is 6.63. The van der Waals surface area contributed by atoms with Crippen LogP contribution in [0.5, 0.6) is 5.75 Å². The summed E-state index contributed by atoms with van der Waals surface area (Å²) in [4.78, 5) is 27.9. The van der Waals surface area contributed by atoms with Crippen molar-refractivity contribution in [1.82, 2.24) is 10.2 Å². The predicted molar refractivity (Wildman–Crippen MR) is 138 cm³/mol. The lowest BCUT2D eigenvalue weighted by atomic mass is 9.93. The van der Waals surface area contributed by atoms with Gasteiger partial charge in [0.15, 0.2) is 0 Å². The Bertz CT molecular complexity index is 1080. The second kappa shape index (κ2) is 12.2. The number of carbonyl (C=O) groups is 2. The van der Waals surface area contributed by atoms with Gasteiger partial charge in [0.25, 0.3) is 0 Å². The van der Waals surface area contributed by atoms with Crippen LogP contribution in [0.15, 0.2) is 84.9 Å². The number of ether oxygens (including phenoxy) is 1. The molecule has 1 fully saturated rings. The standard InChI is InChI=1S/C30H34N2O3/c1-2-35-27-16-14-25(15-17-27)29(24-11-7-4-8-12-24)31-30(34)26-19-21-32(22-20-26)28(33)18-13-23-9-5-3-6-10-23/h3-12,14-17,26,29H,2,13,18-22H2,1H3,(H,31,34). The van der Waals surface area contributed by atoms with E-state index in [0.29, 0.717) is 39.0 Å². The summed E-state index contributed by atoms with van der Waals surface area (Å²) < 4.78 is 5.57. The van der Waals surface area contributed by atoms with Crippen molar-refractivity contribution >= 4 is 11.8 Å². The Morgan fingerprint density at radius 3 is 2.11 bits per heavy atom. The zero-order chi connectivity index (χ0) is 24.5. The van der Waals surface area contributed by atoms with E-state index in [1.54, 1.807) is 0 Å². The average molecular weight is 471 g/mol. The van der Waals surface area contributed by atoms with E-state index in [9.17, 15) is 9.59 Å². The van der Waals surface area contributed by atoms with Crippen molar-refractivity contribution < 1.29 is 14.3 Å². The van der Waals surface area contributed by atoms with E-state index in [1.807, 2.05) is 84.6 Å². The molecule has 1 N–H and O–H groups in total. The first-order valence-corrected chi connectivity index (χ1v) is 12.5. The van der Waals surface area contributed by atoms with Crippen LogP contribution in [0.2, 0.25) is 0 Å². The summed E-state index contributed by atoms with van der Waals surface area (Å²) in [7, 11) is 0. The molecule has 1 unspecified atom stereocenters. The maximum atomic E-state index is 13.3. The Kier molecular flexibility index (Phi) is 8.55. The molecule has 3 aromatic rings. The lowest BCUT2D eigenvalue weighted by Crippen LogP contribution is -2.44. The summed E-state index contributed by atoms with van der Waals surface area (Å²) in [5.74, 6) is 0.939. The molecule has 1 saturated heterocycles. The van der Waals surface area contributed by atoms with Gasteiger partial charge in [0.2, 0.25) is 11.8 Å². The van der Waals surface area contributed by atoms with Gasteiger partial charge in [-0.05, 0) is 55.0 Å². The summed E-state index contributed by atoms with van der Waals surface area (Å²) in [5, 5.41) is 3.28. The lowest BCUT2D eigenvalue weighted by Gasteiger charge is -2.32. The molecule has 1 aliphatic rings. The van der Waals surface area contributed by atoms with Gasteiger partial charge < -0.3 is 15.0 Å². The number of piperidine rings is 1. The van der Waals surface area contributed by atoms with Crippen LogP contribution in [0, 0.1) is 5.92 Å². The summed E-state index contributed by atoms with van der Waals surface area (Å²) in [6, 6.07) is 27.8. The highest BCUT2D eigenvalue weighted by Gasteiger charge is 2.29. The van der Waals surface area contributed by atoms with E-state index in [4.69, 9.17) is 4.74 Å². The normalized spacial score (nSPS) is 14.8. The van der Waals surface area contributed by atoms with Crippen LogP contribution in [0.3, 0.4) is 0 Å². The van der Waals surface area contributed by atoms with Gasteiger partial charge in [-0.25, -0.2) is 0 Å². The smallest absolute Gasteiger partial charge is 0.223 e. The number of nitrogens with zero attached hydrogens (tertiary/aromatic N) is 1. The first-order chi connectivity index (χ1) is 17.1. The third-order valence-electron chi connectivity index (χ3n) is 6.63. The lowest BCUT2D eigenvalue weighted by molar-refractivity contribution is -0.135. The molecule has 3 aromatic carbocycles. The summed E-state index contributed by atoms with van der Waals surface area (Å²) >= 11 is 0. The van der Waals surface area contributed by atoms with Crippen LogP contribution in [0.4, 0.5) is 0 Å². The maximum absolute atomic E-state index is 13.3. The summed E-state index contributed by atoms with van der Waals surface area (Å²) in [6.45, 7) is 3.84. The molecule has 1 atom stereocenters. The Balaban J connectivity index is 1.35. The minimum absolute atomic E-state index is 0.0455. The van der Waals surface area contributed by atoms with Crippen molar-refractivity contribution in [1.29, 1.82) is 0 Å². The molecule has 0 radical (unpaired) electrons. The van der Waals surface area contributed by atoms with Gasteiger partial charge in [0, 0.05) is 25.4 Å². The van der Waals surface area contributed by atoms with Gasteiger partial charge in [-0.15, -0.1) is 0 Å². The molecule has 1 heterocycles. The zero-order valence-electron chi connectivity index (χ0n) is 20.4. The topological polar surface area (TPSA) is 58.6 Å². The first-order valence-electron chi connectivity index (χ1n) is 12.5. The highest BCUT2D eigenvalue weighted by atomic mass is 16.5. The van der Waals surface area contributed by atoms with Gasteiger partial charge in [-0.3, -0.25) is 9.59 Å². The number of likely N-dealkylation sites (tertiary alicyclic amines) is 1. The fraction of sp³-hybridized carbons (Fsp3) is 0.333. The summed E-state index contributed by atoms with van der Waals surface area (Å²) in [6.07, 6.45) is 2.64. The molecule has 4 rings (SSSR count). The third kappa shape index (κ3) is 6.72. The van der Waals surface area contributed by atoms with E-state index in [1.165, 1.54) is 5.56 Å². The van der Waals surface area contributed by atoms with Gasteiger partial charge in [-0.2, -0.15) is 0 Å². The van der Waals surface area contributed by atoms with Crippen LogP contribution in [-0.2, 0) is 16.0 Å². The Morgan fingerprint density at radius 2 is 1.49 bits per heavy atom. The Hall–Kier alpha value is -3.60. The first kappa shape index (κ1) is 24.5. The van der Waals surface area contributed by atoms with Crippen LogP contribution >= 0.6 is 0 Å². The molecule has 0 saturated carbocycles. The van der Waals surface area contributed by atoms with Crippen LogP contribution in [0.25, 0.3) is 0 Å². The number of aryl methyl sites for hydroxylation is 1. The minimum atomic E-state index is -0.232. The fourth-order valence-corrected chi connectivity index (χ4v) is 4.63. The number of benzene rings is 3. The molecule has 1 aliphatic heterocycles. The van der Waals surface area contributed by atoms with E-state index < -0.39 is 0 Å². The highest BCUT2D eigenvalue weighted by molar-refractivity contribution is 5.81. The molecular formula is C30H34N2O3. The molecule has 0 bridgehead atoms. The van der Waals surface area contributed by atoms with E-state index in [-0.39, 0.29) is 23.8 Å². The molecule has 2 amide bonds. The molecule has 35 heavy (non-hydrogen) atoms. The Labute approximate surface area is 208 Å². The van der Waals surface area contributed by atoms with Gasteiger partial charge in [-0.1, -0.05) is 72.8 Å². The highest BCUT2D eigenvalue weighted by Crippen LogP contribution is 2.26. The Morgan fingerprint density at radius 1 is 0.886 bits per heavy atom. The second-order valence-corrected chi connectivity index (χ2v) is 8.99. The second-order valence-electron chi connectivity index (χ2n) is 8.99. The monoisotopic (exact) mass is 470 g/mol. The average Bonchev–Trinajstić information content (AvgIpc) is 2.92. The maximum Gasteiger partial charge on any atom is 0.223 e. The van der Waals surface area contributed by atoms with E-state index >= 15 is 0 Å². The molecule has 182 valence electrons. The van der Waals surface area contributed by atoms with Crippen LogP contribution < -0.4 is 10.1 Å². The van der Waals surface area contributed by atoms with Gasteiger partial charge in [0.05, 0.1) is 12.6 Å². The van der Waals surface area contributed by atoms with Crippen molar-refractivity contribution in [3.05, 3.63) is 102 Å². The largest absolute Gasteiger partial charge is 0.494 e.